The van der Waals surface area contributed by atoms with Gasteiger partial charge in [-0.2, -0.15) is 0 Å². The first kappa shape index (κ1) is 16.2. The molecular formula is C18H20N2O4. The molecule has 0 atom stereocenters. The molecule has 24 heavy (non-hydrogen) atoms. The maximum atomic E-state index is 12.6. The molecule has 0 bridgehead atoms. The van der Waals surface area contributed by atoms with Crippen molar-refractivity contribution in [3.8, 4) is 0 Å². The molecular weight excluding hydrogens is 308 g/mol. The maximum Gasteiger partial charge on any atom is 0.330 e. The Kier molecular flexibility index (Phi) is 3.91. The van der Waals surface area contributed by atoms with Gasteiger partial charge < -0.3 is 4.74 Å². The molecule has 1 fully saturated rings. The summed E-state index contributed by atoms with van der Waals surface area (Å²) in [6, 6.07) is 9.18. The largest absolute Gasteiger partial charge is 0.459 e. The molecule has 2 aromatic rings. The highest BCUT2D eigenvalue weighted by Crippen LogP contribution is 2.49. The fraction of sp³-hybridized carbons (Fsp3) is 0.389. The predicted octanol–water partition coefficient (Wildman–Crippen LogP) is 1.17. The van der Waals surface area contributed by atoms with Crippen LogP contribution in [0.1, 0.15) is 29.7 Å². The summed E-state index contributed by atoms with van der Waals surface area (Å²) < 4.78 is 7.77. The van der Waals surface area contributed by atoms with Crippen LogP contribution in [0.2, 0.25) is 0 Å². The lowest BCUT2D eigenvalue weighted by atomic mass is 9.95. The van der Waals surface area contributed by atoms with E-state index in [1.54, 1.807) is 7.05 Å². The van der Waals surface area contributed by atoms with Crippen LogP contribution in [0.15, 0.2) is 39.9 Å². The first-order chi connectivity index (χ1) is 11.3. The summed E-state index contributed by atoms with van der Waals surface area (Å²) in [6.07, 6.45) is 1.51. The van der Waals surface area contributed by atoms with Crippen LogP contribution in [0.5, 0.6) is 0 Å². The van der Waals surface area contributed by atoms with E-state index in [9.17, 15) is 14.4 Å². The summed E-state index contributed by atoms with van der Waals surface area (Å²) in [7, 11) is 2.97. The Morgan fingerprint density at radius 3 is 2.50 bits per heavy atom. The number of aromatic nitrogens is 2. The molecule has 0 saturated heterocycles. The minimum absolute atomic E-state index is 0.0891. The van der Waals surface area contributed by atoms with Crippen molar-refractivity contribution in [1.82, 2.24) is 9.13 Å². The third kappa shape index (κ3) is 2.68. The van der Waals surface area contributed by atoms with Crippen LogP contribution in [0, 0.1) is 6.92 Å². The Balaban J connectivity index is 1.80. The van der Waals surface area contributed by atoms with Crippen LogP contribution in [0.4, 0.5) is 0 Å². The second kappa shape index (κ2) is 5.78. The number of hydrogen-bond acceptors (Lipinski definition) is 4. The molecule has 0 spiro atoms. The second-order valence-electron chi connectivity index (χ2n) is 6.40. The van der Waals surface area contributed by atoms with E-state index < -0.39 is 16.7 Å². The topological polar surface area (TPSA) is 70.3 Å². The molecule has 1 saturated carbocycles. The van der Waals surface area contributed by atoms with Gasteiger partial charge in [0.05, 0.1) is 11.1 Å². The molecule has 1 aromatic heterocycles. The smallest absolute Gasteiger partial charge is 0.330 e. The fourth-order valence-electron chi connectivity index (χ4n) is 2.87. The van der Waals surface area contributed by atoms with Gasteiger partial charge in [-0.15, -0.1) is 0 Å². The number of rotatable bonds is 4. The highest BCUT2D eigenvalue weighted by atomic mass is 16.5. The third-order valence-corrected chi connectivity index (χ3v) is 4.69. The Morgan fingerprint density at radius 2 is 1.88 bits per heavy atom. The molecule has 1 aliphatic rings. The van der Waals surface area contributed by atoms with Gasteiger partial charge in [-0.1, -0.05) is 29.8 Å². The van der Waals surface area contributed by atoms with Crippen molar-refractivity contribution in [2.75, 3.05) is 0 Å². The van der Waals surface area contributed by atoms with Gasteiger partial charge in [0.15, 0.2) is 0 Å². The standard InChI is InChI=1S/C18H20N2O4/c1-12-5-4-6-13(9-12)18(7-8-18)16(22)24-11-14-10-15(21)20(3)17(23)19(14)2/h4-6,9-10H,7-8,11H2,1-3H3. The molecule has 1 heterocycles. The van der Waals surface area contributed by atoms with Gasteiger partial charge in [-0.3, -0.25) is 18.7 Å². The number of aryl methyl sites for hydroxylation is 1. The summed E-state index contributed by atoms with van der Waals surface area (Å²) in [4.78, 5) is 36.2. The van der Waals surface area contributed by atoms with Crippen LogP contribution in [-0.2, 0) is 35.6 Å². The molecule has 1 aromatic carbocycles. The average Bonchev–Trinajstić information content (AvgIpc) is 3.36. The molecule has 126 valence electrons. The highest BCUT2D eigenvalue weighted by molar-refractivity contribution is 5.86. The predicted molar refractivity (Wildman–Crippen MR) is 88.8 cm³/mol. The van der Waals surface area contributed by atoms with E-state index in [0.29, 0.717) is 5.69 Å². The van der Waals surface area contributed by atoms with Crippen LogP contribution in [-0.4, -0.2) is 15.1 Å². The first-order valence-corrected chi connectivity index (χ1v) is 7.85. The summed E-state index contributed by atoms with van der Waals surface area (Å²) in [5.41, 5.74) is 1.02. The van der Waals surface area contributed by atoms with E-state index >= 15 is 0 Å². The van der Waals surface area contributed by atoms with Gasteiger partial charge in [-0.25, -0.2) is 4.79 Å². The van der Waals surface area contributed by atoms with Gasteiger partial charge in [0, 0.05) is 20.2 Å². The van der Waals surface area contributed by atoms with Crippen LogP contribution < -0.4 is 11.2 Å². The summed E-state index contributed by atoms with van der Waals surface area (Å²) in [5, 5.41) is 0. The summed E-state index contributed by atoms with van der Waals surface area (Å²) in [6.45, 7) is 1.90. The van der Waals surface area contributed by atoms with Crippen molar-refractivity contribution in [3.05, 3.63) is 68.0 Å². The lowest BCUT2D eigenvalue weighted by Gasteiger charge is -2.16. The van der Waals surface area contributed by atoms with Crippen LogP contribution in [0.25, 0.3) is 0 Å². The number of benzene rings is 1. The van der Waals surface area contributed by atoms with Gasteiger partial charge in [0.2, 0.25) is 0 Å². The van der Waals surface area contributed by atoms with Crippen molar-refractivity contribution in [1.29, 1.82) is 0 Å². The second-order valence-corrected chi connectivity index (χ2v) is 6.40. The Hall–Kier alpha value is -2.63. The zero-order valence-corrected chi connectivity index (χ0v) is 14.0. The Morgan fingerprint density at radius 1 is 1.17 bits per heavy atom. The van der Waals surface area contributed by atoms with Crippen LogP contribution >= 0.6 is 0 Å². The summed E-state index contributed by atoms with van der Waals surface area (Å²) in [5.74, 6) is -0.304. The molecule has 6 heteroatoms. The number of hydrogen-bond donors (Lipinski definition) is 0. The molecule has 0 aliphatic heterocycles. The minimum atomic E-state index is -0.579. The lowest BCUT2D eigenvalue weighted by molar-refractivity contribution is -0.148. The number of ether oxygens (including phenoxy) is 1. The fourth-order valence-corrected chi connectivity index (χ4v) is 2.87. The van der Waals surface area contributed by atoms with Crippen LogP contribution in [0.3, 0.4) is 0 Å². The Bertz CT molecular complexity index is 919. The highest BCUT2D eigenvalue weighted by Gasteiger charge is 2.52. The number of esters is 1. The zero-order chi connectivity index (χ0) is 17.5. The van der Waals surface area contributed by atoms with E-state index in [-0.39, 0.29) is 12.6 Å². The molecule has 0 unspecified atom stereocenters. The van der Waals surface area contributed by atoms with E-state index in [1.165, 1.54) is 17.7 Å². The summed E-state index contributed by atoms with van der Waals surface area (Å²) >= 11 is 0. The monoisotopic (exact) mass is 328 g/mol. The zero-order valence-electron chi connectivity index (χ0n) is 14.0. The van der Waals surface area contributed by atoms with Crippen molar-refractivity contribution in [2.24, 2.45) is 14.1 Å². The van der Waals surface area contributed by atoms with E-state index in [2.05, 4.69) is 0 Å². The molecule has 3 rings (SSSR count). The molecule has 6 nitrogen and oxygen atoms in total. The Labute approximate surface area is 139 Å². The SMILES string of the molecule is Cc1cccc(C2(C(=O)OCc3cc(=O)n(C)c(=O)n3C)CC2)c1. The number of carbonyl (C=O) groups is 1. The van der Waals surface area contributed by atoms with Gasteiger partial charge in [0.1, 0.15) is 6.61 Å². The normalized spacial score (nSPS) is 15.1. The molecule has 1 aliphatic carbocycles. The molecule has 0 radical (unpaired) electrons. The number of carbonyl (C=O) groups excluding carboxylic acids is 1. The van der Waals surface area contributed by atoms with Crippen molar-refractivity contribution in [3.63, 3.8) is 0 Å². The average molecular weight is 328 g/mol. The van der Waals surface area contributed by atoms with Gasteiger partial charge in [0.25, 0.3) is 5.56 Å². The van der Waals surface area contributed by atoms with E-state index in [0.717, 1.165) is 28.5 Å². The van der Waals surface area contributed by atoms with E-state index in [4.69, 9.17) is 4.74 Å². The maximum absolute atomic E-state index is 12.6. The van der Waals surface area contributed by atoms with Gasteiger partial charge in [-0.05, 0) is 25.3 Å². The quantitative estimate of drug-likeness (QED) is 0.790. The van der Waals surface area contributed by atoms with Crippen molar-refractivity contribution < 1.29 is 9.53 Å². The van der Waals surface area contributed by atoms with Crippen molar-refractivity contribution >= 4 is 5.97 Å². The lowest BCUT2D eigenvalue weighted by Crippen LogP contribution is -2.38. The first-order valence-electron chi connectivity index (χ1n) is 7.85. The van der Waals surface area contributed by atoms with E-state index in [1.807, 2.05) is 31.2 Å². The molecule has 0 amide bonds. The third-order valence-electron chi connectivity index (χ3n) is 4.69. The molecule has 0 N–H and O–H groups in total. The number of nitrogens with zero attached hydrogens (tertiary/aromatic N) is 2. The van der Waals surface area contributed by atoms with Gasteiger partial charge >= 0.3 is 11.7 Å². The minimum Gasteiger partial charge on any atom is -0.459 e. The van der Waals surface area contributed by atoms with Crippen molar-refractivity contribution in [2.45, 2.75) is 31.8 Å².